The van der Waals surface area contributed by atoms with Gasteiger partial charge < -0.3 is 15.4 Å². The third kappa shape index (κ3) is 5.02. The first kappa shape index (κ1) is 15.8. The van der Waals surface area contributed by atoms with E-state index in [0.29, 0.717) is 12.1 Å². The minimum atomic E-state index is -2.92. The van der Waals surface area contributed by atoms with E-state index < -0.39 is 9.84 Å². The zero-order valence-corrected chi connectivity index (χ0v) is 12.8. The van der Waals surface area contributed by atoms with Gasteiger partial charge in [0.05, 0.1) is 11.5 Å². The molecule has 1 aromatic carbocycles. The summed E-state index contributed by atoms with van der Waals surface area (Å²) in [5, 5.41) is 5.92. The molecule has 0 aromatic heterocycles. The van der Waals surface area contributed by atoms with Gasteiger partial charge in [0.2, 0.25) is 5.91 Å². The predicted molar refractivity (Wildman–Crippen MR) is 82.2 cm³/mol. The minimum Gasteiger partial charge on any atom is -0.381 e. The van der Waals surface area contributed by atoms with E-state index in [4.69, 9.17) is 4.74 Å². The fraction of sp³-hybridized carbons (Fsp3) is 0.500. The third-order valence-electron chi connectivity index (χ3n) is 3.28. The molecule has 1 heterocycles. The molecule has 2 N–H and O–H groups in total. The van der Waals surface area contributed by atoms with Crippen molar-refractivity contribution in [1.82, 2.24) is 0 Å². The Balaban J connectivity index is 1.92. The van der Waals surface area contributed by atoms with Crippen molar-refractivity contribution in [1.29, 1.82) is 0 Å². The number of nitrogens with one attached hydrogen (secondary N) is 2. The fourth-order valence-corrected chi connectivity index (χ4v) is 3.99. The maximum absolute atomic E-state index is 11.6. The molecule has 1 saturated heterocycles. The van der Waals surface area contributed by atoms with Crippen molar-refractivity contribution in [2.24, 2.45) is 0 Å². The summed E-state index contributed by atoms with van der Waals surface area (Å²) in [6, 6.07) is 7.14. The molecule has 0 saturated carbocycles. The van der Waals surface area contributed by atoms with Crippen LogP contribution in [-0.4, -0.2) is 45.6 Å². The number of amides is 1. The first-order valence-corrected chi connectivity index (χ1v) is 8.66. The van der Waals surface area contributed by atoms with Crippen LogP contribution in [0.4, 0.5) is 11.4 Å². The summed E-state index contributed by atoms with van der Waals surface area (Å²) < 4.78 is 27.9. The molecule has 116 valence electrons. The number of hydrogen-bond acceptors (Lipinski definition) is 5. The van der Waals surface area contributed by atoms with Gasteiger partial charge in [0.15, 0.2) is 9.84 Å². The lowest BCUT2D eigenvalue weighted by Gasteiger charge is -2.24. The van der Waals surface area contributed by atoms with Crippen molar-refractivity contribution in [3.8, 4) is 0 Å². The number of anilines is 2. The summed E-state index contributed by atoms with van der Waals surface area (Å²) >= 11 is 0. The normalized spacial score (nSPS) is 20.7. The molecule has 0 bridgehead atoms. The van der Waals surface area contributed by atoms with Gasteiger partial charge >= 0.3 is 0 Å². The van der Waals surface area contributed by atoms with Crippen LogP contribution in [0.15, 0.2) is 24.3 Å². The molecule has 1 aliphatic heterocycles. The van der Waals surface area contributed by atoms with Crippen LogP contribution in [0.25, 0.3) is 0 Å². The number of sulfone groups is 1. The van der Waals surface area contributed by atoms with Crippen molar-refractivity contribution in [2.75, 3.05) is 35.9 Å². The second kappa shape index (κ2) is 6.91. The van der Waals surface area contributed by atoms with Crippen LogP contribution in [0, 0.1) is 0 Å². The highest BCUT2D eigenvalue weighted by Crippen LogP contribution is 2.19. The summed E-state index contributed by atoms with van der Waals surface area (Å²) in [5.74, 6) is 0.256. The molecule has 0 aliphatic carbocycles. The lowest BCUT2D eigenvalue weighted by Crippen LogP contribution is -2.34. The number of carbonyl (C=O) groups is 1. The monoisotopic (exact) mass is 312 g/mol. The standard InChI is InChI=1S/C14H20N2O4S/c1-20-9-14(17)16-12-6-4-11(5-7-12)15-13-3-2-8-21(18,19)10-13/h4-7,13,15H,2-3,8-10H2,1H3,(H,16,17). The highest BCUT2D eigenvalue weighted by atomic mass is 32.2. The van der Waals surface area contributed by atoms with Crippen LogP contribution >= 0.6 is 0 Å². The molecule has 1 aliphatic rings. The molecule has 0 spiro atoms. The molecule has 1 unspecified atom stereocenters. The van der Waals surface area contributed by atoms with Gasteiger partial charge in [-0.15, -0.1) is 0 Å². The summed E-state index contributed by atoms with van der Waals surface area (Å²) in [4.78, 5) is 11.4. The highest BCUT2D eigenvalue weighted by molar-refractivity contribution is 7.91. The number of carbonyl (C=O) groups excluding carboxylic acids is 1. The van der Waals surface area contributed by atoms with Crippen LogP contribution < -0.4 is 10.6 Å². The quantitative estimate of drug-likeness (QED) is 0.855. The number of rotatable bonds is 5. The van der Waals surface area contributed by atoms with E-state index in [0.717, 1.165) is 12.1 Å². The van der Waals surface area contributed by atoms with E-state index >= 15 is 0 Å². The van der Waals surface area contributed by atoms with Gasteiger partial charge in [0.1, 0.15) is 6.61 Å². The van der Waals surface area contributed by atoms with Crippen molar-refractivity contribution in [3.63, 3.8) is 0 Å². The lowest BCUT2D eigenvalue weighted by atomic mass is 10.1. The number of hydrogen-bond donors (Lipinski definition) is 2. The van der Waals surface area contributed by atoms with Crippen LogP contribution in [0.2, 0.25) is 0 Å². The highest BCUT2D eigenvalue weighted by Gasteiger charge is 2.24. The molecule has 1 fully saturated rings. The smallest absolute Gasteiger partial charge is 0.250 e. The topological polar surface area (TPSA) is 84.5 Å². The Hall–Kier alpha value is -1.60. The van der Waals surface area contributed by atoms with Crippen molar-refractivity contribution < 1.29 is 17.9 Å². The Kier molecular flexibility index (Phi) is 5.19. The number of methoxy groups -OCH3 is 1. The molecular weight excluding hydrogens is 292 g/mol. The summed E-state index contributed by atoms with van der Waals surface area (Å²) in [5.41, 5.74) is 1.53. The molecule has 2 rings (SSSR count). The average Bonchev–Trinajstić information content (AvgIpc) is 2.40. The van der Waals surface area contributed by atoms with E-state index in [1.165, 1.54) is 7.11 Å². The minimum absolute atomic E-state index is 0.0138. The maximum atomic E-state index is 11.6. The first-order chi connectivity index (χ1) is 9.98. The van der Waals surface area contributed by atoms with Crippen LogP contribution in [0.5, 0.6) is 0 Å². The van der Waals surface area contributed by atoms with Gasteiger partial charge in [-0.1, -0.05) is 0 Å². The van der Waals surface area contributed by atoms with Crippen molar-refractivity contribution in [3.05, 3.63) is 24.3 Å². The van der Waals surface area contributed by atoms with Gasteiger partial charge in [-0.3, -0.25) is 4.79 Å². The number of benzene rings is 1. The van der Waals surface area contributed by atoms with Crippen LogP contribution in [0.3, 0.4) is 0 Å². The Morgan fingerprint density at radius 1 is 1.29 bits per heavy atom. The SMILES string of the molecule is COCC(=O)Nc1ccc(NC2CCCS(=O)(=O)C2)cc1. The second-order valence-corrected chi connectivity index (χ2v) is 7.39. The zero-order chi connectivity index (χ0) is 15.3. The third-order valence-corrected chi connectivity index (χ3v) is 5.10. The zero-order valence-electron chi connectivity index (χ0n) is 12.0. The Labute approximate surface area is 124 Å². The molecule has 1 atom stereocenters. The van der Waals surface area contributed by atoms with E-state index in [1.807, 2.05) is 12.1 Å². The predicted octanol–water partition coefficient (Wildman–Crippen LogP) is 1.26. The van der Waals surface area contributed by atoms with E-state index in [9.17, 15) is 13.2 Å². The van der Waals surface area contributed by atoms with Gasteiger partial charge in [-0.2, -0.15) is 0 Å². The fourth-order valence-electron chi connectivity index (χ4n) is 2.35. The summed E-state index contributed by atoms with van der Waals surface area (Å²) in [7, 11) is -1.45. The molecule has 1 amide bonds. The summed E-state index contributed by atoms with van der Waals surface area (Å²) in [6.45, 7) is 0.0138. The van der Waals surface area contributed by atoms with Gasteiger partial charge in [0.25, 0.3) is 0 Å². The average molecular weight is 312 g/mol. The van der Waals surface area contributed by atoms with E-state index in [-0.39, 0.29) is 30.1 Å². The number of ether oxygens (including phenoxy) is 1. The maximum Gasteiger partial charge on any atom is 0.250 e. The Morgan fingerprint density at radius 2 is 1.95 bits per heavy atom. The van der Waals surface area contributed by atoms with Gasteiger partial charge in [-0.05, 0) is 37.1 Å². The Morgan fingerprint density at radius 3 is 2.57 bits per heavy atom. The molecule has 6 nitrogen and oxygen atoms in total. The van der Waals surface area contributed by atoms with Crippen LogP contribution in [0.1, 0.15) is 12.8 Å². The molecule has 7 heteroatoms. The van der Waals surface area contributed by atoms with Crippen molar-refractivity contribution >= 4 is 27.1 Å². The Bertz CT molecular complexity index is 583. The van der Waals surface area contributed by atoms with Gasteiger partial charge in [-0.25, -0.2) is 8.42 Å². The lowest BCUT2D eigenvalue weighted by molar-refractivity contribution is -0.119. The molecule has 0 radical (unpaired) electrons. The second-order valence-electron chi connectivity index (χ2n) is 5.16. The van der Waals surface area contributed by atoms with Gasteiger partial charge in [0, 0.05) is 24.5 Å². The van der Waals surface area contributed by atoms with E-state index in [1.54, 1.807) is 12.1 Å². The van der Waals surface area contributed by atoms with Crippen molar-refractivity contribution in [2.45, 2.75) is 18.9 Å². The first-order valence-electron chi connectivity index (χ1n) is 6.84. The summed E-state index contributed by atoms with van der Waals surface area (Å²) in [6.07, 6.45) is 1.55. The van der Waals surface area contributed by atoms with Crippen LogP contribution in [-0.2, 0) is 19.4 Å². The molecule has 21 heavy (non-hydrogen) atoms. The molecular formula is C14H20N2O4S. The molecule has 1 aromatic rings. The van der Waals surface area contributed by atoms with E-state index in [2.05, 4.69) is 10.6 Å². The largest absolute Gasteiger partial charge is 0.381 e.